The molecule has 0 spiro atoms. The van der Waals surface area contributed by atoms with Gasteiger partial charge in [-0.15, -0.1) is 0 Å². The molecule has 0 saturated carbocycles. The fraction of sp³-hybridized carbons (Fsp3) is 0.308. The third-order valence-corrected chi connectivity index (χ3v) is 5.97. The summed E-state index contributed by atoms with van der Waals surface area (Å²) < 4.78 is 3.02. The molecule has 176 valence electrons. The van der Waals surface area contributed by atoms with Gasteiger partial charge in [-0.05, 0) is 45.5 Å². The molecule has 8 heteroatoms. The number of fused-ring (bicyclic) bond motifs is 1. The van der Waals surface area contributed by atoms with E-state index >= 15 is 0 Å². The van der Waals surface area contributed by atoms with E-state index in [-0.39, 0.29) is 11.5 Å². The number of likely N-dealkylation sites (N-methyl/N-ethyl adjacent to an activating group) is 1. The standard InChI is InChI=1S/C26H30N6O2/c1-18-24-23(19(2)31(29-24)22-13-9-6-10-14-22)26(34)32(28-18)20(3)25(33)27-15-16-30(4)17-21-11-7-5-8-12-21/h5-14,20H,15-17H2,1-4H3,(H,27,33)/t20-/m1/s1. The van der Waals surface area contributed by atoms with Gasteiger partial charge in [0.05, 0.1) is 22.5 Å². The minimum Gasteiger partial charge on any atom is -0.353 e. The first kappa shape index (κ1) is 23.4. The highest BCUT2D eigenvalue weighted by Crippen LogP contribution is 2.20. The first-order chi connectivity index (χ1) is 16.4. The zero-order valence-corrected chi connectivity index (χ0v) is 20.0. The lowest BCUT2D eigenvalue weighted by molar-refractivity contribution is -0.124. The number of aromatic nitrogens is 4. The Morgan fingerprint density at radius 1 is 1.03 bits per heavy atom. The number of hydrogen-bond acceptors (Lipinski definition) is 5. The summed E-state index contributed by atoms with van der Waals surface area (Å²) in [6, 6.07) is 19.1. The average molecular weight is 459 g/mol. The molecular weight excluding hydrogens is 428 g/mol. The smallest absolute Gasteiger partial charge is 0.278 e. The van der Waals surface area contributed by atoms with E-state index in [0.29, 0.717) is 29.7 Å². The second-order valence-electron chi connectivity index (χ2n) is 8.58. The monoisotopic (exact) mass is 458 g/mol. The quantitative estimate of drug-likeness (QED) is 0.439. The van der Waals surface area contributed by atoms with E-state index in [4.69, 9.17) is 0 Å². The molecule has 1 N–H and O–H groups in total. The minimum atomic E-state index is -0.741. The SMILES string of the molecule is Cc1nn([C@H](C)C(=O)NCCN(C)Cc2ccccc2)c(=O)c2c(C)n(-c3ccccc3)nc12. The highest BCUT2D eigenvalue weighted by atomic mass is 16.2. The molecule has 4 aromatic rings. The Labute approximate surface area is 198 Å². The summed E-state index contributed by atoms with van der Waals surface area (Å²) >= 11 is 0. The molecule has 0 bridgehead atoms. The molecule has 2 aromatic carbocycles. The summed E-state index contributed by atoms with van der Waals surface area (Å²) in [6.07, 6.45) is 0. The Kier molecular flexibility index (Phi) is 6.88. The van der Waals surface area contributed by atoms with Crippen LogP contribution in [-0.4, -0.2) is 50.5 Å². The molecule has 0 saturated heterocycles. The van der Waals surface area contributed by atoms with Gasteiger partial charge in [0.1, 0.15) is 11.6 Å². The van der Waals surface area contributed by atoms with Crippen LogP contribution in [0.4, 0.5) is 0 Å². The van der Waals surface area contributed by atoms with Crippen molar-refractivity contribution >= 4 is 16.8 Å². The third-order valence-electron chi connectivity index (χ3n) is 5.97. The van der Waals surface area contributed by atoms with E-state index in [1.807, 2.05) is 69.4 Å². The van der Waals surface area contributed by atoms with Crippen molar-refractivity contribution in [1.29, 1.82) is 0 Å². The molecule has 2 aromatic heterocycles. The van der Waals surface area contributed by atoms with Crippen LogP contribution in [0.15, 0.2) is 65.5 Å². The van der Waals surface area contributed by atoms with E-state index in [0.717, 1.165) is 17.9 Å². The van der Waals surface area contributed by atoms with Crippen LogP contribution in [0.2, 0.25) is 0 Å². The largest absolute Gasteiger partial charge is 0.353 e. The number of carbonyl (C=O) groups is 1. The van der Waals surface area contributed by atoms with Crippen LogP contribution < -0.4 is 10.9 Å². The molecule has 2 heterocycles. The van der Waals surface area contributed by atoms with Gasteiger partial charge in [-0.3, -0.25) is 9.59 Å². The molecular formula is C26H30N6O2. The van der Waals surface area contributed by atoms with Gasteiger partial charge in [0.15, 0.2) is 0 Å². The topological polar surface area (TPSA) is 85.0 Å². The molecule has 4 rings (SSSR count). The van der Waals surface area contributed by atoms with Crippen molar-refractivity contribution in [2.24, 2.45) is 0 Å². The molecule has 0 aliphatic rings. The van der Waals surface area contributed by atoms with Crippen LogP contribution in [0.5, 0.6) is 0 Å². The Hall–Kier alpha value is -3.78. The molecule has 8 nitrogen and oxygen atoms in total. The first-order valence-electron chi connectivity index (χ1n) is 11.4. The second kappa shape index (κ2) is 10.0. The van der Waals surface area contributed by atoms with Crippen LogP contribution in [-0.2, 0) is 11.3 Å². The van der Waals surface area contributed by atoms with Crippen LogP contribution >= 0.6 is 0 Å². The highest BCUT2D eigenvalue weighted by Gasteiger charge is 2.23. The molecule has 1 amide bonds. The van der Waals surface area contributed by atoms with Gasteiger partial charge in [0.25, 0.3) is 5.56 Å². The number of aryl methyl sites for hydroxylation is 2. The van der Waals surface area contributed by atoms with E-state index in [9.17, 15) is 9.59 Å². The van der Waals surface area contributed by atoms with Gasteiger partial charge in [0, 0.05) is 19.6 Å². The molecule has 0 aliphatic carbocycles. The maximum atomic E-state index is 13.3. The maximum Gasteiger partial charge on any atom is 0.278 e. The summed E-state index contributed by atoms with van der Waals surface area (Å²) in [4.78, 5) is 28.3. The highest BCUT2D eigenvalue weighted by molar-refractivity contribution is 5.84. The van der Waals surface area contributed by atoms with Crippen molar-refractivity contribution in [2.75, 3.05) is 20.1 Å². The summed E-state index contributed by atoms with van der Waals surface area (Å²) in [5.74, 6) is -0.241. The van der Waals surface area contributed by atoms with Gasteiger partial charge in [-0.1, -0.05) is 48.5 Å². The van der Waals surface area contributed by atoms with Crippen LogP contribution in [0.3, 0.4) is 0 Å². The number of carbonyl (C=O) groups excluding carboxylic acids is 1. The van der Waals surface area contributed by atoms with Gasteiger partial charge >= 0.3 is 0 Å². The summed E-state index contributed by atoms with van der Waals surface area (Å²) in [7, 11) is 2.01. The van der Waals surface area contributed by atoms with E-state index < -0.39 is 6.04 Å². The Balaban J connectivity index is 1.49. The molecule has 34 heavy (non-hydrogen) atoms. The fourth-order valence-corrected chi connectivity index (χ4v) is 4.07. The lowest BCUT2D eigenvalue weighted by atomic mass is 10.2. The molecule has 0 fully saturated rings. The normalized spacial score (nSPS) is 12.3. The van der Waals surface area contributed by atoms with Crippen molar-refractivity contribution in [3.63, 3.8) is 0 Å². The number of hydrogen-bond donors (Lipinski definition) is 1. The zero-order valence-electron chi connectivity index (χ0n) is 20.0. The molecule has 0 unspecified atom stereocenters. The van der Waals surface area contributed by atoms with Crippen LogP contribution in [0.1, 0.15) is 29.9 Å². The van der Waals surface area contributed by atoms with Gasteiger partial charge < -0.3 is 10.2 Å². The van der Waals surface area contributed by atoms with Crippen LogP contribution in [0, 0.1) is 13.8 Å². The Morgan fingerprint density at radius 2 is 1.68 bits per heavy atom. The zero-order chi connectivity index (χ0) is 24.2. The van der Waals surface area contributed by atoms with Crippen molar-refractivity contribution in [3.8, 4) is 5.69 Å². The number of benzene rings is 2. The lowest BCUT2D eigenvalue weighted by Gasteiger charge is -2.19. The Morgan fingerprint density at radius 3 is 2.35 bits per heavy atom. The van der Waals surface area contributed by atoms with E-state index in [1.165, 1.54) is 10.2 Å². The van der Waals surface area contributed by atoms with Gasteiger partial charge in [-0.25, -0.2) is 9.36 Å². The minimum absolute atomic E-state index is 0.241. The lowest BCUT2D eigenvalue weighted by Crippen LogP contribution is -2.40. The van der Waals surface area contributed by atoms with Crippen molar-refractivity contribution in [3.05, 3.63) is 88.0 Å². The van der Waals surface area contributed by atoms with E-state index in [2.05, 4.69) is 32.5 Å². The van der Waals surface area contributed by atoms with Gasteiger partial charge in [-0.2, -0.15) is 10.2 Å². The van der Waals surface area contributed by atoms with Crippen LogP contribution in [0.25, 0.3) is 16.6 Å². The molecule has 0 aliphatic heterocycles. The van der Waals surface area contributed by atoms with Crippen molar-refractivity contribution < 1.29 is 4.79 Å². The third kappa shape index (κ3) is 4.77. The summed E-state index contributed by atoms with van der Waals surface area (Å²) in [5.41, 5.74) is 3.65. The number of nitrogens with zero attached hydrogens (tertiary/aromatic N) is 5. The molecule has 0 radical (unpaired) electrons. The predicted molar refractivity (Wildman–Crippen MR) is 133 cm³/mol. The van der Waals surface area contributed by atoms with Gasteiger partial charge in [0.2, 0.25) is 5.91 Å². The van der Waals surface area contributed by atoms with Crippen molar-refractivity contribution in [2.45, 2.75) is 33.4 Å². The number of nitrogens with one attached hydrogen (secondary N) is 1. The summed E-state index contributed by atoms with van der Waals surface area (Å²) in [6.45, 7) is 7.33. The Bertz CT molecular complexity index is 1340. The number of rotatable bonds is 8. The average Bonchev–Trinajstić information content (AvgIpc) is 3.20. The second-order valence-corrected chi connectivity index (χ2v) is 8.58. The number of para-hydroxylation sites is 1. The van der Waals surface area contributed by atoms with E-state index in [1.54, 1.807) is 11.6 Å². The van der Waals surface area contributed by atoms with Crippen molar-refractivity contribution in [1.82, 2.24) is 29.8 Å². The number of amides is 1. The fourth-order valence-electron chi connectivity index (χ4n) is 4.07. The first-order valence-corrected chi connectivity index (χ1v) is 11.4. The summed E-state index contributed by atoms with van der Waals surface area (Å²) in [5, 5.41) is 12.5. The predicted octanol–water partition coefficient (Wildman–Crippen LogP) is 3.01. The maximum absolute atomic E-state index is 13.3. The molecule has 1 atom stereocenters.